The van der Waals surface area contributed by atoms with Gasteiger partial charge in [0.05, 0.1) is 18.8 Å². The SMILES string of the molecule is Cc1ccc(C(=O)N2CCCC2Cn2cc(C(=O)NCc3ccccc3)nn2)cc1F. The number of benzene rings is 2. The van der Waals surface area contributed by atoms with Crippen LogP contribution in [0.4, 0.5) is 4.39 Å². The number of rotatable bonds is 6. The molecule has 0 spiro atoms. The van der Waals surface area contributed by atoms with Crippen molar-refractivity contribution in [3.8, 4) is 0 Å². The highest BCUT2D eigenvalue weighted by molar-refractivity contribution is 5.94. The maximum Gasteiger partial charge on any atom is 0.273 e. The molecule has 1 N–H and O–H groups in total. The molecule has 2 aromatic carbocycles. The summed E-state index contributed by atoms with van der Waals surface area (Å²) in [6.45, 7) is 3.11. The van der Waals surface area contributed by atoms with Crippen molar-refractivity contribution in [2.75, 3.05) is 6.54 Å². The fraction of sp³-hybridized carbons (Fsp3) is 0.304. The molecule has 160 valence electrons. The second-order valence-corrected chi connectivity index (χ2v) is 7.75. The van der Waals surface area contributed by atoms with Crippen LogP contribution in [0.1, 0.15) is 44.8 Å². The van der Waals surface area contributed by atoms with E-state index in [-0.39, 0.29) is 29.4 Å². The van der Waals surface area contributed by atoms with Gasteiger partial charge in [-0.25, -0.2) is 9.07 Å². The van der Waals surface area contributed by atoms with Crippen molar-refractivity contribution in [1.29, 1.82) is 0 Å². The minimum atomic E-state index is -0.385. The highest BCUT2D eigenvalue weighted by atomic mass is 19.1. The third kappa shape index (κ3) is 4.79. The lowest BCUT2D eigenvalue weighted by Gasteiger charge is -2.24. The molecule has 0 bridgehead atoms. The highest BCUT2D eigenvalue weighted by Crippen LogP contribution is 2.22. The molecule has 1 unspecified atom stereocenters. The van der Waals surface area contributed by atoms with Crippen molar-refractivity contribution < 1.29 is 14.0 Å². The van der Waals surface area contributed by atoms with E-state index in [0.717, 1.165) is 18.4 Å². The maximum atomic E-state index is 13.9. The number of hydrogen-bond acceptors (Lipinski definition) is 4. The summed E-state index contributed by atoms with van der Waals surface area (Å²) in [5.41, 5.74) is 2.08. The van der Waals surface area contributed by atoms with Crippen molar-refractivity contribution in [1.82, 2.24) is 25.2 Å². The molecular formula is C23H24FN5O2. The molecule has 7 nitrogen and oxygen atoms in total. The second-order valence-electron chi connectivity index (χ2n) is 7.75. The number of nitrogens with one attached hydrogen (secondary N) is 1. The Morgan fingerprint density at radius 1 is 1.19 bits per heavy atom. The predicted molar refractivity (Wildman–Crippen MR) is 113 cm³/mol. The smallest absolute Gasteiger partial charge is 0.273 e. The molecule has 4 rings (SSSR count). The summed E-state index contributed by atoms with van der Waals surface area (Å²) in [6, 6.07) is 14.1. The summed E-state index contributed by atoms with van der Waals surface area (Å²) in [5.74, 6) is -0.879. The summed E-state index contributed by atoms with van der Waals surface area (Å²) in [6.07, 6.45) is 3.27. The largest absolute Gasteiger partial charge is 0.347 e. The molecular weight excluding hydrogens is 397 g/mol. The maximum absolute atomic E-state index is 13.9. The number of carbonyl (C=O) groups is 2. The molecule has 1 aromatic heterocycles. The van der Waals surface area contributed by atoms with E-state index in [1.807, 2.05) is 30.3 Å². The molecule has 1 atom stereocenters. The number of aryl methyl sites for hydroxylation is 1. The van der Waals surface area contributed by atoms with Gasteiger partial charge in [0.1, 0.15) is 5.82 Å². The van der Waals surface area contributed by atoms with Crippen LogP contribution in [-0.2, 0) is 13.1 Å². The van der Waals surface area contributed by atoms with E-state index in [0.29, 0.717) is 30.8 Å². The van der Waals surface area contributed by atoms with Gasteiger partial charge in [0, 0.05) is 18.7 Å². The minimum absolute atomic E-state index is 0.0844. The van der Waals surface area contributed by atoms with Crippen LogP contribution in [0.2, 0.25) is 0 Å². The number of aromatic nitrogens is 3. The Labute approximate surface area is 179 Å². The zero-order valence-corrected chi connectivity index (χ0v) is 17.3. The lowest BCUT2D eigenvalue weighted by molar-refractivity contribution is 0.0720. The number of likely N-dealkylation sites (tertiary alicyclic amines) is 1. The number of halogens is 1. The topological polar surface area (TPSA) is 80.1 Å². The summed E-state index contributed by atoms with van der Waals surface area (Å²) >= 11 is 0. The molecule has 1 fully saturated rings. The van der Waals surface area contributed by atoms with Gasteiger partial charge < -0.3 is 10.2 Å². The van der Waals surface area contributed by atoms with Gasteiger partial charge in [-0.05, 0) is 43.0 Å². The van der Waals surface area contributed by atoms with Crippen molar-refractivity contribution >= 4 is 11.8 Å². The summed E-state index contributed by atoms with van der Waals surface area (Å²) < 4.78 is 15.5. The number of nitrogens with zero attached hydrogens (tertiary/aromatic N) is 4. The van der Waals surface area contributed by atoms with E-state index in [4.69, 9.17) is 0 Å². The van der Waals surface area contributed by atoms with Gasteiger partial charge in [-0.2, -0.15) is 0 Å². The van der Waals surface area contributed by atoms with Gasteiger partial charge in [-0.1, -0.05) is 41.6 Å². The first-order valence-corrected chi connectivity index (χ1v) is 10.3. The highest BCUT2D eigenvalue weighted by Gasteiger charge is 2.30. The van der Waals surface area contributed by atoms with E-state index in [1.54, 1.807) is 34.8 Å². The van der Waals surface area contributed by atoms with Crippen LogP contribution in [0.5, 0.6) is 0 Å². The van der Waals surface area contributed by atoms with E-state index < -0.39 is 0 Å². The monoisotopic (exact) mass is 421 g/mol. The van der Waals surface area contributed by atoms with E-state index in [2.05, 4.69) is 15.6 Å². The van der Waals surface area contributed by atoms with Crippen molar-refractivity contribution in [2.45, 2.75) is 38.9 Å². The Bertz CT molecular complexity index is 1080. The third-order valence-corrected chi connectivity index (χ3v) is 5.52. The Balaban J connectivity index is 1.38. The van der Waals surface area contributed by atoms with Gasteiger partial charge >= 0.3 is 0 Å². The van der Waals surface area contributed by atoms with Crippen LogP contribution in [0.15, 0.2) is 54.7 Å². The van der Waals surface area contributed by atoms with Crippen LogP contribution in [0, 0.1) is 12.7 Å². The molecule has 0 saturated carbocycles. The second kappa shape index (κ2) is 9.07. The average Bonchev–Trinajstić information content (AvgIpc) is 3.44. The molecule has 2 heterocycles. The van der Waals surface area contributed by atoms with Crippen LogP contribution in [0.25, 0.3) is 0 Å². The van der Waals surface area contributed by atoms with E-state index in [1.165, 1.54) is 6.07 Å². The standard InChI is InChI=1S/C23H24FN5O2/c1-16-9-10-18(12-20(16)24)23(31)29-11-5-8-19(29)14-28-15-21(26-27-28)22(30)25-13-17-6-3-2-4-7-17/h2-4,6-7,9-10,12,15,19H,5,8,11,13-14H2,1H3,(H,25,30). The number of carbonyl (C=O) groups excluding carboxylic acids is 2. The number of amides is 2. The molecule has 31 heavy (non-hydrogen) atoms. The first kappa shape index (κ1) is 20.7. The minimum Gasteiger partial charge on any atom is -0.347 e. The quantitative estimate of drug-likeness (QED) is 0.664. The summed E-state index contributed by atoms with van der Waals surface area (Å²) in [7, 11) is 0. The van der Waals surface area contributed by atoms with Crippen molar-refractivity contribution in [3.05, 3.63) is 82.9 Å². The molecule has 3 aromatic rings. The van der Waals surface area contributed by atoms with Crippen LogP contribution in [0.3, 0.4) is 0 Å². The van der Waals surface area contributed by atoms with Gasteiger partial charge in [0.15, 0.2) is 5.69 Å². The Morgan fingerprint density at radius 3 is 2.77 bits per heavy atom. The molecule has 1 aliphatic heterocycles. The summed E-state index contributed by atoms with van der Waals surface area (Å²) in [4.78, 5) is 27.0. The van der Waals surface area contributed by atoms with Crippen LogP contribution >= 0.6 is 0 Å². The van der Waals surface area contributed by atoms with Crippen LogP contribution < -0.4 is 5.32 Å². The van der Waals surface area contributed by atoms with Gasteiger partial charge in [-0.3, -0.25) is 9.59 Å². The first-order valence-electron chi connectivity index (χ1n) is 10.3. The van der Waals surface area contributed by atoms with E-state index in [9.17, 15) is 14.0 Å². The normalized spacial score (nSPS) is 15.8. The third-order valence-electron chi connectivity index (χ3n) is 5.52. The molecule has 0 aliphatic carbocycles. The van der Waals surface area contributed by atoms with Crippen molar-refractivity contribution in [2.24, 2.45) is 0 Å². The lowest BCUT2D eigenvalue weighted by Crippen LogP contribution is -2.38. The average molecular weight is 421 g/mol. The van der Waals surface area contributed by atoms with Crippen molar-refractivity contribution in [3.63, 3.8) is 0 Å². The predicted octanol–water partition coefficient (Wildman–Crippen LogP) is 2.96. The van der Waals surface area contributed by atoms with Gasteiger partial charge in [-0.15, -0.1) is 5.10 Å². The molecule has 1 saturated heterocycles. The molecule has 2 amide bonds. The Hall–Kier alpha value is -3.55. The van der Waals surface area contributed by atoms with Crippen LogP contribution in [-0.4, -0.2) is 44.3 Å². The zero-order valence-electron chi connectivity index (χ0n) is 17.3. The first-order chi connectivity index (χ1) is 15.0. The fourth-order valence-electron chi connectivity index (χ4n) is 3.76. The Kier molecular flexibility index (Phi) is 6.06. The van der Waals surface area contributed by atoms with Gasteiger partial charge in [0.2, 0.25) is 0 Å². The molecule has 0 radical (unpaired) electrons. The molecule has 1 aliphatic rings. The van der Waals surface area contributed by atoms with E-state index >= 15 is 0 Å². The fourth-order valence-corrected chi connectivity index (χ4v) is 3.76. The lowest BCUT2D eigenvalue weighted by atomic mass is 10.1. The zero-order chi connectivity index (χ0) is 21.8. The molecule has 8 heteroatoms. The summed E-state index contributed by atoms with van der Waals surface area (Å²) in [5, 5.41) is 10.8. The number of hydrogen-bond donors (Lipinski definition) is 1. The Morgan fingerprint density at radius 2 is 2.00 bits per heavy atom. The van der Waals surface area contributed by atoms with Gasteiger partial charge in [0.25, 0.3) is 11.8 Å².